The lowest BCUT2D eigenvalue weighted by atomic mass is 10.0. The van der Waals surface area contributed by atoms with Crippen LogP contribution in [0.3, 0.4) is 0 Å². The number of nitrogens with one attached hydrogen (secondary N) is 1. The van der Waals surface area contributed by atoms with Crippen molar-refractivity contribution >= 4 is 41.3 Å². The monoisotopic (exact) mass is 470 g/mol. The van der Waals surface area contributed by atoms with Gasteiger partial charge in [-0.1, -0.05) is 31.2 Å². The molecule has 2 aromatic rings. The summed E-state index contributed by atoms with van der Waals surface area (Å²) in [7, 11) is 0. The van der Waals surface area contributed by atoms with Crippen molar-refractivity contribution < 1.29 is 0 Å². The number of aryl methyl sites for hydroxylation is 1. The Morgan fingerprint density at radius 1 is 1.28 bits per heavy atom. The molecule has 0 fully saturated rings. The highest BCUT2D eigenvalue weighted by molar-refractivity contribution is 14.0. The molecule has 1 aliphatic rings. The predicted octanol–water partition coefficient (Wildman–Crippen LogP) is 3.89. The first-order valence-corrected chi connectivity index (χ1v) is 9.65. The quantitative estimate of drug-likeness (QED) is 0.410. The van der Waals surface area contributed by atoms with Gasteiger partial charge < -0.3 is 10.2 Å². The zero-order valence-electron chi connectivity index (χ0n) is 15.0. The van der Waals surface area contributed by atoms with Crippen LogP contribution in [0.1, 0.15) is 34.9 Å². The molecule has 0 saturated carbocycles. The Hall–Kier alpha value is -1.15. The van der Waals surface area contributed by atoms with Crippen molar-refractivity contribution in [3.63, 3.8) is 0 Å². The number of halogens is 1. The van der Waals surface area contributed by atoms with Crippen molar-refractivity contribution in [3.05, 3.63) is 51.5 Å². The van der Waals surface area contributed by atoms with E-state index in [9.17, 15) is 0 Å². The number of rotatable bonds is 5. The Labute approximate surface area is 171 Å². The van der Waals surface area contributed by atoms with Gasteiger partial charge in [0.15, 0.2) is 5.96 Å². The topological polar surface area (TPSA) is 40.5 Å². The molecule has 4 nitrogen and oxygen atoms in total. The van der Waals surface area contributed by atoms with Crippen LogP contribution in [-0.2, 0) is 25.8 Å². The summed E-state index contributed by atoms with van der Waals surface area (Å²) in [6, 6.07) is 8.73. The molecule has 3 rings (SSSR count). The summed E-state index contributed by atoms with van der Waals surface area (Å²) < 4.78 is 0. The second kappa shape index (κ2) is 10.1. The Balaban J connectivity index is 0.00000225. The van der Waals surface area contributed by atoms with Crippen molar-refractivity contribution in [1.82, 2.24) is 15.2 Å². The Kier molecular flexibility index (Phi) is 8.15. The van der Waals surface area contributed by atoms with Gasteiger partial charge in [-0.05, 0) is 30.9 Å². The second-order valence-corrected chi connectivity index (χ2v) is 7.20. The van der Waals surface area contributed by atoms with E-state index in [1.54, 1.807) is 0 Å². The van der Waals surface area contributed by atoms with Gasteiger partial charge in [0.05, 0.1) is 5.01 Å². The van der Waals surface area contributed by atoms with E-state index in [-0.39, 0.29) is 24.0 Å². The van der Waals surface area contributed by atoms with E-state index >= 15 is 0 Å². The van der Waals surface area contributed by atoms with Crippen LogP contribution in [0.15, 0.2) is 35.5 Å². The van der Waals surface area contributed by atoms with E-state index in [1.807, 2.05) is 17.5 Å². The fourth-order valence-corrected chi connectivity index (χ4v) is 3.84. The lowest BCUT2D eigenvalue weighted by Gasteiger charge is -2.31. The van der Waals surface area contributed by atoms with Crippen LogP contribution in [0.2, 0.25) is 0 Å². The molecule has 136 valence electrons. The van der Waals surface area contributed by atoms with E-state index in [2.05, 4.69) is 53.3 Å². The highest BCUT2D eigenvalue weighted by Gasteiger charge is 2.18. The number of hydrogen-bond donors (Lipinski definition) is 1. The number of nitrogens with zero attached hydrogens (tertiary/aromatic N) is 3. The minimum Gasteiger partial charge on any atom is -0.357 e. The molecule has 0 saturated heterocycles. The number of guanidine groups is 1. The van der Waals surface area contributed by atoms with Crippen LogP contribution >= 0.6 is 35.3 Å². The smallest absolute Gasteiger partial charge is 0.194 e. The second-order valence-electron chi connectivity index (χ2n) is 6.00. The summed E-state index contributed by atoms with van der Waals surface area (Å²) in [5, 5.41) is 4.63. The van der Waals surface area contributed by atoms with Crippen LogP contribution in [0.25, 0.3) is 0 Å². The number of benzene rings is 1. The van der Waals surface area contributed by atoms with Crippen molar-refractivity contribution in [3.8, 4) is 0 Å². The molecule has 25 heavy (non-hydrogen) atoms. The summed E-state index contributed by atoms with van der Waals surface area (Å²) in [5.74, 6) is 1.03. The van der Waals surface area contributed by atoms with E-state index in [0.717, 1.165) is 51.4 Å². The third-order valence-corrected chi connectivity index (χ3v) is 5.50. The van der Waals surface area contributed by atoms with Gasteiger partial charge in [-0.15, -0.1) is 35.3 Å². The van der Waals surface area contributed by atoms with Gasteiger partial charge in [0.2, 0.25) is 0 Å². The standard InChI is InChI=1S/C19H26N4S.HI/c1-3-17-13-22-18(24-17)9-11-21-19(20-4-2)23-12-10-15-7-5-6-8-16(15)14-23;/h5-8,13H,3-4,9-12,14H2,1-2H3,(H,20,21);1H. The lowest BCUT2D eigenvalue weighted by Crippen LogP contribution is -2.44. The number of aromatic nitrogens is 1. The predicted molar refractivity (Wildman–Crippen MR) is 117 cm³/mol. The van der Waals surface area contributed by atoms with Gasteiger partial charge >= 0.3 is 0 Å². The van der Waals surface area contributed by atoms with Crippen LogP contribution in [-0.4, -0.2) is 35.5 Å². The van der Waals surface area contributed by atoms with Gasteiger partial charge in [0.25, 0.3) is 0 Å². The summed E-state index contributed by atoms with van der Waals surface area (Å²) in [6.07, 6.45) is 5.07. The molecule has 1 N–H and O–H groups in total. The molecule has 0 radical (unpaired) electrons. The molecule has 1 aromatic carbocycles. The average Bonchev–Trinajstić information content (AvgIpc) is 3.08. The molecule has 6 heteroatoms. The van der Waals surface area contributed by atoms with Crippen LogP contribution < -0.4 is 5.32 Å². The Morgan fingerprint density at radius 2 is 2.08 bits per heavy atom. The molecule has 1 aliphatic heterocycles. The first kappa shape index (κ1) is 20.2. The Morgan fingerprint density at radius 3 is 2.80 bits per heavy atom. The van der Waals surface area contributed by atoms with Crippen molar-refractivity contribution in [2.45, 2.75) is 39.7 Å². The van der Waals surface area contributed by atoms with Gasteiger partial charge in [-0.2, -0.15) is 0 Å². The molecule has 0 amide bonds. The fourth-order valence-electron chi connectivity index (χ4n) is 2.99. The highest BCUT2D eigenvalue weighted by Crippen LogP contribution is 2.18. The number of thiazole rings is 1. The number of fused-ring (bicyclic) bond motifs is 1. The minimum absolute atomic E-state index is 0. The molecule has 1 aromatic heterocycles. The normalized spacial score (nSPS) is 14.0. The fraction of sp³-hybridized carbons (Fsp3) is 0.474. The number of hydrogen-bond acceptors (Lipinski definition) is 3. The van der Waals surface area contributed by atoms with Gasteiger partial charge in [0, 0.05) is 43.7 Å². The molecular weight excluding hydrogens is 443 g/mol. The Bertz CT molecular complexity index is 698. The summed E-state index contributed by atoms with van der Waals surface area (Å²) in [4.78, 5) is 13.0. The van der Waals surface area contributed by atoms with Crippen molar-refractivity contribution in [2.75, 3.05) is 19.6 Å². The molecule has 0 aliphatic carbocycles. The third-order valence-electron chi connectivity index (χ3n) is 4.30. The average molecular weight is 470 g/mol. The van der Waals surface area contributed by atoms with Crippen LogP contribution in [0.4, 0.5) is 0 Å². The third kappa shape index (κ3) is 5.41. The van der Waals surface area contributed by atoms with E-state index in [0.29, 0.717) is 0 Å². The van der Waals surface area contributed by atoms with E-state index in [4.69, 9.17) is 4.99 Å². The van der Waals surface area contributed by atoms with E-state index < -0.39 is 0 Å². The number of aliphatic imine (C=N–C) groups is 1. The highest BCUT2D eigenvalue weighted by atomic mass is 127. The maximum atomic E-state index is 4.84. The molecule has 0 bridgehead atoms. The molecule has 0 atom stereocenters. The minimum atomic E-state index is 0. The molecule has 0 spiro atoms. The molecular formula is C19H27IN4S. The largest absolute Gasteiger partial charge is 0.357 e. The maximum absolute atomic E-state index is 4.84. The summed E-state index contributed by atoms with van der Waals surface area (Å²) >= 11 is 1.81. The van der Waals surface area contributed by atoms with Gasteiger partial charge in [0.1, 0.15) is 0 Å². The molecule has 0 unspecified atom stereocenters. The molecule has 2 heterocycles. The van der Waals surface area contributed by atoms with Gasteiger partial charge in [-0.3, -0.25) is 4.99 Å². The first-order chi connectivity index (χ1) is 11.8. The van der Waals surface area contributed by atoms with Crippen molar-refractivity contribution in [1.29, 1.82) is 0 Å². The van der Waals surface area contributed by atoms with Crippen LogP contribution in [0.5, 0.6) is 0 Å². The zero-order chi connectivity index (χ0) is 16.8. The summed E-state index contributed by atoms with van der Waals surface area (Å²) in [5.41, 5.74) is 2.89. The lowest BCUT2D eigenvalue weighted by molar-refractivity contribution is 0.379. The zero-order valence-corrected chi connectivity index (χ0v) is 18.1. The van der Waals surface area contributed by atoms with Crippen molar-refractivity contribution in [2.24, 2.45) is 4.99 Å². The van der Waals surface area contributed by atoms with E-state index in [1.165, 1.54) is 21.0 Å². The van der Waals surface area contributed by atoms with Crippen LogP contribution in [0, 0.1) is 0 Å². The summed E-state index contributed by atoms with van der Waals surface area (Å²) in [6.45, 7) is 7.96. The SMILES string of the molecule is CCNC(=NCCc1ncc(CC)s1)N1CCc2ccccc2C1.I. The first-order valence-electron chi connectivity index (χ1n) is 8.83. The van der Waals surface area contributed by atoms with Gasteiger partial charge in [-0.25, -0.2) is 4.98 Å². The maximum Gasteiger partial charge on any atom is 0.194 e.